The maximum atomic E-state index is 5.58. The predicted octanol–water partition coefficient (Wildman–Crippen LogP) is 1.43. The molecule has 0 aromatic heterocycles. The molecule has 3 saturated heterocycles. The molecular weight excluding hydrogens is 202 g/mol. The normalized spacial score (nSPS) is 32.2. The van der Waals surface area contributed by atoms with Gasteiger partial charge in [-0.3, -0.25) is 0 Å². The van der Waals surface area contributed by atoms with Crippen LogP contribution in [0.2, 0.25) is 0 Å². The van der Waals surface area contributed by atoms with Crippen molar-refractivity contribution in [1.29, 1.82) is 0 Å². The van der Waals surface area contributed by atoms with Gasteiger partial charge in [-0.05, 0) is 50.6 Å². The summed E-state index contributed by atoms with van der Waals surface area (Å²) < 4.78 is 11.1. The second-order valence-electron chi connectivity index (χ2n) is 5.64. The van der Waals surface area contributed by atoms with Crippen LogP contribution in [0.3, 0.4) is 0 Å². The van der Waals surface area contributed by atoms with Crippen LogP contribution in [-0.4, -0.2) is 39.5 Å². The molecule has 0 aliphatic carbocycles. The van der Waals surface area contributed by atoms with Crippen LogP contribution in [0.5, 0.6) is 0 Å². The monoisotopic (exact) mass is 225 g/mol. The zero-order valence-corrected chi connectivity index (χ0v) is 10.0. The number of hydrogen-bond acceptors (Lipinski definition) is 3. The van der Waals surface area contributed by atoms with Crippen molar-refractivity contribution in [2.75, 3.05) is 39.5 Å². The van der Waals surface area contributed by atoms with E-state index in [0.29, 0.717) is 5.41 Å². The molecule has 0 aromatic carbocycles. The van der Waals surface area contributed by atoms with Gasteiger partial charge in [0.1, 0.15) is 0 Å². The fourth-order valence-corrected chi connectivity index (χ4v) is 3.81. The molecule has 0 radical (unpaired) electrons. The molecule has 1 N–H and O–H groups in total. The van der Waals surface area contributed by atoms with Crippen LogP contribution in [0, 0.1) is 17.3 Å². The molecule has 3 aliphatic heterocycles. The zero-order valence-electron chi connectivity index (χ0n) is 10.0. The fourth-order valence-electron chi connectivity index (χ4n) is 3.81. The summed E-state index contributed by atoms with van der Waals surface area (Å²) in [6.07, 6.45) is 5.21. The van der Waals surface area contributed by atoms with Gasteiger partial charge in [0.05, 0.1) is 13.2 Å². The van der Waals surface area contributed by atoms with Crippen molar-refractivity contribution in [1.82, 2.24) is 5.32 Å². The molecule has 16 heavy (non-hydrogen) atoms. The van der Waals surface area contributed by atoms with Crippen LogP contribution in [-0.2, 0) is 9.47 Å². The van der Waals surface area contributed by atoms with Crippen molar-refractivity contribution in [3.8, 4) is 0 Å². The Balaban J connectivity index is 1.70. The number of nitrogens with one attached hydrogen (secondary N) is 1. The van der Waals surface area contributed by atoms with Crippen LogP contribution >= 0.6 is 0 Å². The molecule has 0 saturated carbocycles. The highest BCUT2D eigenvalue weighted by atomic mass is 16.5. The Bertz CT molecular complexity index is 208. The first kappa shape index (κ1) is 11.0. The third-order valence-electron chi connectivity index (χ3n) is 4.93. The summed E-state index contributed by atoms with van der Waals surface area (Å²) in [7, 11) is 0. The van der Waals surface area contributed by atoms with E-state index in [1.807, 2.05) is 0 Å². The fraction of sp³-hybridized carbons (Fsp3) is 1.00. The highest BCUT2D eigenvalue weighted by Crippen LogP contribution is 2.49. The summed E-state index contributed by atoms with van der Waals surface area (Å²) in [5.74, 6) is 1.75. The van der Waals surface area contributed by atoms with Crippen LogP contribution in [0.25, 0.3) is 0 Å². The largest absolute Gasteiger partial charge is 0.381 e. The lowest BCUT2D eigenvalue weighted by Gasteiger charge is -2.54. The van der Waals surface area contributed by atoms with Crippen LogP contribution in [0.15, 0.2) is 0 Å². The third kappa shape index (κ3) is 1.79. The molecule has 0 atom stereocenters. The quantitative estimate of drug-likeness (QED) is 0.771. The Morgan fingerprint density at radius 2 is 1.44 bits per heavy atom. The van der Waals surface area contributed by atoms with E-state index in [2.05, 4.69) is 5.32 Å². The van der Waals surface area contributed by atoms with E-state index < -0.39 is 0 Å². The molecule has 0 bridgehead atoms. The standard InChI is InChI=1S/C13H23NO2/c1-5-14-6-2-11(1)13(9-16-10-13)12-3-7-15-8-4-12/h11-12,14H,1-10H2. The number of piperidine rings is 1. The van der Waals surface area contributed by atoms with E-state index in [0.717, 1.165) is 38.3 Å². The lowest BCUT2D eigenvalue weighted by Crippen LogP contribution is -2.56. The molecule has 3 rings (SSSR count). The van der Waals surface area contributed by atoms with Crippen molar-refractivity contribution in [2.24, 2.45) is 17.3 Å². The first-order valence-electron chi connectivity index (χ1n) is 6.78. The number of rotatable bonds is 2. The first-order chi connectivity index (χ1) is 7.92. The molecule has 0 spiro atoms. The second kappa shape index (κ2) is 4.63. The van der Waals surface area contributed by atoms with Crippen LogP contribution in [0.4, 0.5) is 0 Å². The average Bonchev–Trinajstić information content (AvgIpc) is 2.31. The summed E-state index contributed by atoms with van der Waals surface area (Å²) in [6.45, 7) is 6.38. The Morgan fingerprint density at radius 3 is 2.00 bits per heavy atom. The zero-order chi connectivity index (χ0) is 10.8. The molecule has 3 fully saturated rings. The van der Waals surface area contributed by atoms with Gasteiger partial charge in [0.15, 0.2) is 0 Å². The summed E-state index contributed by atoms with van der Waals surface area (Å²) in [5, 5.41) is 3.47. The highest BCUT2D eigenvalue weighted by Gasteiger charge is 2.50. The van der Waals surface area contributed by atoms with Gasteiger partial charge < -0.3 is 14.8 Å². The van der Waals surface area contributed by atoms with Gasteiger partial charge in [-0.15, -0.1) is 0 Å². The van der Waals surface area contributed by atoms with Crippen LogP contribution < -0.4 is 5.32 Å². The van der Waals surface area contributed by atoms with Gasteiger partial charge in [-0.2, -0.15) is 0 Å². The van der Waals surface area contributed by atoms with Gasteiger partial charge in [-0.1, -0.05) is 0 Å². The molecule has 0 aromatic rings. The van der Waals surface area contributed by atoms with Crippen molar-refractivity contribution < 1.29 is 9.47 Å². The molecular formula is C13H23NO2. The average molecular weight is 225 g/mol. The van der Waals surface area contributed by atoms with Gasteiger partial charge in [0.25, 0.3) is 0 Å². The predicted molar refractivity (Wildman–Crippen MR) is 62.4 cm³/mol. The summed E-state index contributed by atoms with van der Waals surface area (Å²) >= 11 is 0. The van der Waals surface area contributed by atoms with E-state index in [1.165, 1.54) is 38.8 Å². The Labute approximate surface area is 97.9 Å². The summed E-state index contributed by atoms with van der Waals surface area (Å²) in [4.78, 5) is 0. The SMILES string of the molecule is C1CC(C2(C3CCOCC3)COC2)CCN1. The van der Waals surface area contributed by atoms with Gasteiger partial charge in [0, 0.05) is 18.6 Å². The van der Waals surface area contributed by atoms with Gasteiger partial charge in [0.2, 0.25) is 0 Å². The van der Waals surface area contributed by atoms with E-state index in [9.17, 15) is 0 Å². The van der Waals surface area contributed by atoms with Gasteiger partial charge >= 0.3 is 0 Å². The van der Waals surface area contributed by atoms with Crippen molar-refractivity contribution >= 4 is 0 Å². The minimum atomic E-state index is 0.520. The van der Waals surface area contributed by atoms with E-state index in [1.54, 1.807) is 0 Å². The maximum absolute atomic E-state index is 5.58. The minimum Gasteiger partial charge on any atom is -0.381 e. The van der Waals surface area contributed by atoms with Crippen molar-refractivity contribution in [3.05, 3.63) is 0 Å². The summed E-state index contributed by atoms with van der Waals surface area (Å²) in [5.41, 5.74) is 0.520. The number of hydrogen-bond donors (Lipinski definition) is 1. The lowest BCUT2D eigenvalue weighted by atomic mass is 9.60. The smallest absolute Gasteiger partial charge is 0.0550 e. The number of ether oxygens (including phenoxy) is 2. The van der Waals surface area contributed by atoms with E-state index in [-0.39, 0.29) is 0 Å². The first-order valence-corrected chi connectivity index (χ1v) is 6.78. The third-order valence-corrected chi connectivity index (χ3v) is 4.93. The molecule has 0 amide bonds. The molecule has 3 heterocycles. The lowest BCUT2D eigenvalue weighted by molar-refractivity contribution is -0.196. The molecule has 3 nitrogen and oxygen atoms in total. The highest BCUT2D eigenvalue weighted by molar-refractivity contribution is 4.98. The molecule has 92 valence electrons. The van der Waals surface area contributed by atoms with E-state index in [4.69, 9.17) is 9.47 Å². The topological polar surface area (TPSA) is 30.5 Å². The van der Waals surface area contributed by atoms with E-state index >= 15 is 0 Å². The van der Waals surface area contributed by atoms with Crippen LogP contribution in [0.1, 0.15) is 25.7 Å². The Kier molecular flexibility index (Phi) is 3.18. The molecule has 3 aliphatic rings. The molecule has 3 heteroatoms. The second-order valence-corrected chi connectivity index (χ2v) is 5.64. The minimum absolute atomic E-state index is 0.520. The molecule has 0 unspecified atom stereocenters. The summed E-state index contributed by atoms with van der Waals surface area (Å²) in [6, 6.07) is 0. The van der Waals surface area contributed by atoms with Crippen molar-refractivity contribution in [3.63, 3.8) is 0 Å². The Morgan fingerprint density at radius 1 is 0.812 bits per heavy atom. The maximum Gasteiger partial charge on any atom is 0.0550 e. The van der Waals surface area contributed by atoms with Crippen molar-refractivity contribution in [2.45, 2.75) is 25.7 Å². The Hall–Kier alpha value is -0.120. The van der Waals surface area contributed by atoms with Gasteiger partial charge in [-0.25, -0.2) is 0 Å².